The Morgan fingerprint density at radius 1 is 0.591 bits per heavy atom. The lowest BCUT2D eigenvalue weighted by Gasteiger charge is -2.11. The molecule has 0 aliphatic heterocycles. The van der Waals surface area contributed by atoms with E-state index in [1.165, 1.54) is 0 Å². The van der Waals surface area contributed by atoms with E-state index in [2.05, 4.69) is 63.7 Å². The van der Waals surface area contributed by atoms with Gasteiger partial charge in [0.2, 0.25) is 0 Å². The summed E-state index contributed by atoms with van der Waals surface area (Å²) in [4.78, 5) is 0. The lowest BCUT2D eigenvalue weighted by molar-refractivity contribution is 0.465. The van der Waals surface area contributed by atoms with Crippen LogP contribution in [0.25, 0.3) is 11.1 Å². The van der Waals surface area contributed by atoms with Crippen molar-refractivity contribution in [3.63, 3.8) is 0 Å². The maximum absolute atomic E-state index is 10.1. The number of phenolic OH excluding ortho intramolecular Hbond substituents is 2. The Labute approximate surface area is 165 Å². The van der Waals surface area contributed by atoms with Crippen molar-refractivity contribution < 1.29 is 10.2 Å². The molecule has 0 saturated heterocycles. The minimum Gasteiger partial charge on any atom is -0.506 e. The van der Waals surface area contributed by atoms with E-state index < -0.39 is 0 Å². The van der Waals surface area contributed by atoms with Gasteiger partial charge in [0.25, 0.3) is 0 Å². The van der Waals surface area contributed by atoms with Gasteiger partial charge in [-0.05, 0) is 56.1 Å². The second-order valence-corrected chi connectivity index (χ2v) is 7.11. The second-order valence-electron chi connectivity index (χ2n) is 3.57. The second kappa shape index (κ2) is 10.7. The molecule has 0 amide bonds. The average molecular weight is 562 g/mol. The van der Waals surface area contributed by atoms with Crippen molar-refractivity contribution in [1.29, 1.82) is 0 Å². The number of aromatic hydroxyl groups is 2. The van der Waals surface area contributed by atoms with Crippen molar-refractivity contribution >= 4 is 63.7 Å². The Kier molecular flexibility index (Phi) is 10.7. The fraction of sp³-hybridized carbons (Fsp3) is 0.250. The number of halogens is 4. The molecule has 2 aromatic carbocycles. The van der Waals surface area contributed by atoms with Crippen LogP contribution in [-0.4, -0.2) is 10.2 Å². The molecule has 2 aromatic rings. The summed E-state index contributed by atoms with van der Waals surface area (Å²) in [6.45, 7) is 8.00. The molecule has 0 heterocycles. The number of phenols is 2. The molecule has 2 nitrogen and oxygen atoms in total. The van der Waals surface area contributed by atoms with Crippen LogP contribution in [0.4, 0.5) is 0 Å². The number of hydrogen-bond acceptors (Lipinski definition) is 2. The largest absolute Gasteiger partial charge is 0.506 e. The summed E-state index contributed by atoms with van der Waals surface area (Å²) in [6, 6.07) is 6.97. The smallest absolute Gasteiger partial charge is 0.137 e. The van der Waals surface area contributed by atoms with Crippen LogP contribution in [0.1, 0.15) is 27.7 Å². The van der Waals surface area contributed by atoms with E-state index in [4.69, 9.17) is 0 Å². The van der Waals surface area contributed by atoms with E-state index in [1.54, 1.807) is 24.3 Å². The molecule has 0 atom stereocenters. The standard InChI is InChI=1S/C12H6Br4O2.2C2H6/c13-5-1-7(11(17)9(15)3-5)8-2-6(14)4-10(16)12(8)18;2*1-2/h1-4,17-18H;2*1-2H3. The van der Waals surface area contributed by atoms with Crippen LogP contribution in [0.15, 0.2) is 42.2 Å². The minimum atomic E-state index is 0.0819. The van der Waals surface area contributed by atoms with Crippen LogP contribution in [0.2, 0.25) is 0 Å². The van der Waals surface area contributed by atoms with Crippen LogP contribution >= 0.6 is 63.7 Å². The van der Waals surface area contributed by atoms with E-state index in [0.29, 0.717) is 20.1 Å². The summed E-state index contributed by atoms with van der Waals surface area (Å²) in [7, 11) is 0. The lowest BCUT2D eigenvalue weighted by atomic mass is 10.0. The van der Waals surface area contributed by atoms with E-state index >= 15 is 0 Å². The van der Waals surface area contributed by atoms with E-state index in [9.17, 15) is 10.2 Å². The third kappa shape index (κ3) is 5.55. The molecule has 2 N–H and O–H groups in total. The summed E-state index contributed by atoms with van der Waals surface area (Å²) in [5.41, 5.74) is 1.08. The summed E-state index contributed by atoms with van der Waals surface area (Å²) in [6.07, 6.45) is 0. The summed E-state index contributed by atoms with van der Waals surface area (Å²) in [5.74, 6) is 0.164. The normalized spacial score (nSPS) is 9.27. The maximum atomic E-state index is 10.1. The third-order valence-electron chi connectivity index (χ3n) is 2.35. The molecule has 0 spiro atoms. The zero-order valence-corrected chi connectivity index (χ0v) is 19.1. The average Bonchev–Trinajstić information content (AvgIpc) is 2.51. The first-order valence-electron chi connectivity index (χ1n) is 6.76. The maximum Gasteiger partial charge on any atom is 0.137 e. The highest BCUT2D eigenvalue weighted by Gasteiger charge is 2.15. The highest BCUT2D eigenvalue weighted by atomic mass is 79.9. The molecule has 0 fully saturated rings. The Morgan fingerprint density at radius 2 is 0.864 bits per heavy atom. The van der Waals surface area contributed by atoms with Crippen molar-refractivity contribution in [3.8, 4) is 22.6 Å². The molecule has 0 bridgehead atoms. The van der Waals surface area contributed by atoms with Gasteiger partial charge in [0.05, 0.1) is 8.95 Å². The first-order chi connectivity index (χ1) is 10.4. The van der Waals surface area contributed by atoms with Gasteiger partial charge in [-0.1, -0.05) is 59.6 Å². The lowest BCUT2D eigenvalue weighted by Crippen LogP contribution is -1.84. The number of benzene rings is 2. The predicted octanol–water partition coefficient (Wildman–Crippen LogP) is 7.87. The summed E-state index contributed by atoms with van der Waals surface area (Å²) >= 11 is 13.3. The molecule has 22 heavy (non-hydrogen) atoms. The van der Waals surface area contributed by atoms with Gasteiger partial charge >= 0.3 is 0 Å². The minimum absolute atomic E-state index is 0.0819. The topological polar surface area (TPSA) is 40.5 Å². The van der Waals surface area contributed by atoms with Crippen LogP contribution in [0.5, 0.6) is 11.5 Å². The van der Waals surface area contributed by atoms with Crippen LogP contribution < -0.4 is 0 Å². The third-order valence-corrected chi connectivity index (χ3v) is 4.47. The highest BCUT2D eigenvalue weighted by Crippen LogP contribution is 2.44. The molecule has 2 rings (SSSR count). The Morgan fingerprint density at radius 3 is 1.14 bits per heavy atom. The molecule has 0 saturated carbocycles. The van der Waals surface area contributed by atoms with Gasteiger partial charge in [0.15, 0.2) is 0 Å². The van der Waals surface area contributed by atoms with Crippen molar-refractivity contribution in [2.45, 2.75) is 27.7 Å². The Bertz CT molecular complexity index is 573. The first-order valence-corrected chi connectivity index (χ1v) is 9.93. The van der Waals surface area contributed by atoms with Gasteiger partial charge in [0, 0.05) is 20.1 Å². The van der Waals surface area contributed by atoms with Gasteiger partial charge in [-0.2, -0.15) is 0 Å². The van der Waals surface area contributed by atoms with Crippen LogP contribution in [0, 0.1) is 0 Å². The van der Waals surface area contributed by atoms with Crippen LogP contribution in [-0.2, 0) is 0 Å². The van der Waals surface area contributed by atoms with Crippen molar-refractivity contribution in [1.82, 2.24) is 0 Å². The molecule has 0 radical (unpaired) electrons. The molecule has 0 unspecified atom stereocenters. The van der Waals surface area contributed by atoms with Crippen molar-refractivity contribution in [3.05, 3.63) is 42.2 Å². The van der Waals surface area contributed by atoms with E-state index in [1.807, 2.05) is 27.7 Å². The molecule has 122 valence electrons. The zero-order valence-electron chi connectivity index (χ0n) is 12.7. The SMILES string of the molecule is CC.CC.Oc1c(Br)cc(Br)cc1-c1cc(Br)cc(Br)c1O. The van der Waals surface area contributed by atoms with Gasteiger partial charge in [-0.25, -0.2) is 0 Å². The molecule has 0 aliphatic carbocycles. The van der Waals surface area contributed by atoms with Crippen molar-refractivity contribution in [2.24, 2.45) is 0 Å². The predicted molar refractivity (Wildman–Crippen MR) is 109 cm³/mol. The highest BCUT2D eigenvalue weighted by molar-refractivity contribution is 9.11. The Balaban J connectivity index is 0.00000102. The van der Waals surface area contributed by atoms with Crippen molar-refractivity contribution in [2.75, 3.05) is 0 Å². The van der Waals surface area contributed by atoms with Crippen LogP contribution in [0.3, 0.4) is 0 Å². The first kappa shape index (κ1) is 22.0. The van der Waals surface area contributed by atoms with Gasteiger partial charge in [-0.15, -0.1) is 0 Å². The van der Waals surface area contributed by atoms with Gasteiger partial charge in [-0.3, -0.25) is 0 Å². The van der Waals surface area contributed by atoms with E-state index in [-0.39, 0.29) is 11.5 Å². The quantitative estimate of drug-likeness (QED) is 0.372. The number of rotatable bonds is 1. The number of hydrogen-bond donors (Lipinski definition) is 2. The molecule has 6 heteroatoms. The zero-order chi connectivity index (χ0) is 17.4. The summed E-state index contributed by atoms with van der Waals surface area (Å²) < 4.78 is 2.72. The fourth-order valence-electron chi connectivity index (χ4n) is 1.54. The molecule has 0 aliphatic rings. The van der Waals surface area contributed by atoms with Gasteiger partial charge in [0.1, 0.15) is 11.5 Å². The van der Waals surface area contributed by atoms with E-state index in [0.717, 1.165) is 8.95 Å². The Hall–Kier alpha value is -0.0400. The monoisotopic (exact) mass is 558 g/mol. The molecular weight excluding hydrogens is 544 g/mol. The molecular formula is C16H18Br4O2. The fourth-order valence-corrected chi connectivity index (χ4v) is 3.99. The molecule has 0 aromatic heterocycles. The van der Waals surface area contributed by atoms with Gasteiger partial charge < -0.3 is 10.2 Å². The summed E-state index contributed by atoms with van der Waals surface area (Å²) in [5, 5.41) is 20.1.